The highest BCUT2D eigenvalue weighted by molar-refractivity contribution is 6.08. The van der Waals surface area contributed by atoms with Crippen molar-refractivity contribution in [1.29, 1.82) is 0 Å². The van der Waals surface area contributed by atoms with Crippen molar-refractivity contribution in [3.8, 4) is 33.4 Å². The molecule has 3 amide bonds. The van der Waals surface area contributed by atoms with E-state index in [4.69, 9.17) is 0 Å². The van der Waals surface area contributed by atoms with Crippen molar-refractivity contribution >= 4 is 51.8 Å². The first-order valence-electron chi connectivity index (χ1n) is 25.9. The summed E-state index contributed by atoms with van der Waals surface area (Å²) in [5, 5.41) is 30.3. The zero-order valence-corrected chi connectivity index (χ0v) is 42.0. The van der Waals surface area contributed by atoms with Crippen LogP contribution in [0.1, 0.15) is 36.0 Å². The average molecular weight is 1050 g/mol. The first-order chi connectivity index (χ1) is 37.9. The van der Waals surface area contributed by atoms with Crippen LogP contribution in [0.15, 0.2) is 165 Å². The van der Waals surface area contributed by atoms with E-state index in [1.54, 1.807) is 36.8 Å². The molecule has 3 aromatic heterocycles. The minimum atomic E-state index is -0.653. The van der Waals surface area contributed by atoms with Crippen LogP contribution in [-0.4, -0.2) is 84.6 Å². The van der Waals surface area contributed by atoms with Gasteiger partial charge in [-0.1, -0.05) is 36.4 Å². The summed E-state index contributed by atoms with van der Waals surface area (Å²) in [6, 6.07) is 37.7. The van der Waals surface area contributed by atoms with Gasteiger partial charge in [-0.05, 0) is 144 Å². The molecule has 6 aliphatic rings. The van der Waals surface area contributed by atoms with Gasteiger partial charge in [0.15, 0.2) is 0 Å². The molecule has 6 aliphatic heterocycles. The lowest BCUT2D eigenvalue weighted by atomic mass is 9.93. The van der Waals surface area contributed by atoms with E-state index in [-0.39, 0.29) is 35.2 Å². The van der Waals surface area contributed by atoms with E-state index in [1.807, 2.05) is 106 Å². The number of fused-ring (bicyclic) bond motifs is 3. The van der Waals surface area contributed by atoms with Crippen molar-refractivity contribution in [2.24, 2.45) is 0 Å². The second kappa shape index (κ2) is 19.0. The standard InChI is InChI=1S/3C20H17FN4O/c3*21-16-3-6-18-14(9-16)10-20(24-18)7-8-25(19(20)26)17-4-1-13(2-5-17)15-11-22-23-12-15/h3*1-6,9,11-12,24H,7-8,10H2,(H,22,23). The molecule has 3 unspecified atom stereocenters. The van der Waals surface area contributed by atoms with Crippen molar-refractivity contribution in [3.63, 3.8) is 0 Å². The van der Waals surface area contributed by atoms with Gasteiger partial charge in [-0.2, -0.15) is 15.3 Å². The Labute approximate surface area is 445 Å². The highest BCUT2D eigenvalue weighted by atomic mass is 19.1. The van der Waals surface area contributed by atoms with Crippen molar-refractivity contribution in [3.05, 3.63) is 199 Å². The molecule has 390 valence electrons. The molecule has 0 bridgehead atoms. The van der Waals surface area contributed by atoms with Gasteiger partial charge in [0.1, 0.15) is 34.1 Å². The van der Waals surface area contributed by atoms with Gasteiger partial charge in [0, 0.05) is 108 Å². The topological polar surface area (TPSA) is 183 Å². The Kier molecular flexibility index (Phi) is 11.7. The quantitative estimate of drug-likeness (QED) is 0.0944. The molecule has 15 rings (SSSR count). The lowest BCUT2D eigenvalue weighted by molar-refractivity contribution is -0.121. The number of benzene rings is 6. The first kappa shape index (κ1) is 48.2. The zero-order chi connectivity index (χ0) is 53.2. The zero-order valence-electron chi connectivity index (χ0n) is 42.0. The van der Waals surface area contributed by atoms with Crippen LogP contribution in [0, 0.1) is 17.5 Å². The molecule has 6 N–H and O–H groups in total. The number of amides is 3. The fourth-order valence-electron chi connectivity index (χ4n) is 12.0. The van der Waals surface area contributed by atoms with Crippen molar-refractivity contribution < 1.29 is 27.6 Å². The highest BCUT2D eigenvalue weighted by Crippen LogP contribution is 2.44. The summed E-state index contributed by atoms with van der Waals surface area (Å²) < 4.78 is 40.5. The first-order valence-corrected chi connectivity index (χ1v) is 25.9. The van der Waals surface area contributed by atoms with Gasteiger partial charge in [-0.15, -0.1) is 0 Å². The number of rotatable bonds is 6. The van der Waals surface area contributed by atoms with Crippen molar-refractivity contribution in [2.75, 3.05) is 50.3 Å². The van der Waals surface area contributed by atoms with Gasteiger partial charge in [0.25, 0.3) is 17.7 Å². The summed E-state index contributed by atoms with van der Waals surface area (Å²) >= 11 is 0. The Morgan fingerprint density at radius 2 is 0.654 bits per heavy atom. The van der Waals surface area contributed by atoms with E-state index in [9.17, 15) is 27.6 Å². The summed E-state index contributed by atoms with van der Waals surface area (Å²) in [6.07, 6.45) is 14.5. The summed E-state index contributed by atoms with van der Waals surface area (Å²) in [5.74, 6) is -0.653. The fourth-order valence-corrected chi connectivity index (χ4v) is 12.0. The summed E-state index contributed by atoms with van der Waals surface area (Å²) in [7, 11) is 0. The molecule has 3 fully saturated rings. The minimum absolute atomic E-state index is 0.0465. The predicted molar refractivity (Wildman–Crippen MR) is 292 cm³/mol. The van der Waals surface area contributed by atoms with Crippen LogP contribution in [0.2, 0.25) is 0 Å². The van der Waals surface area contributed by atoms with Gasteiger partial charge in [-0.3, -0.25) is 29.7 Å². The minimum Gasteiger partial charge on any atom is -0.371 e. The van der Waals surface area contributed by atoms with Crippen molar-refractivity contribution in [1.82, 2.24) is 30.6 Å². The predicted octanol–water partition coefficient (Wildman–Crippen LogP) is 10.1. The lowest BCUT2D eigenvalue weighted by Gasteiger charge is -2.24. The number of hydrogen-bond acceptors (Lipinski definition) is 9. The largest absolute Gasteiger partial charge is 0.371 e. The monoisotopic (exact) mass is 1040 g/mol. The van der Waals surface area contributed by atoms with Gasteiger partial charge in [0.2, 0.25) is 0 Å². The Balaban J connectivity index is 0.000000111. The maximum atomic E-state index is 13.5. The maximum Gasteiger partial charge on any atom is 0.253 e. The molecular formula is C60H51F3N12O3. The Bertz CT molecular complexity index is 3340. The van der Waals surface area contributed by atoms with Crippen LogP contribution in [0.5, 0.6) is 0 Å². The van der Waals surface area contributed by atoms with Gasteiger partial charge >= 0.3 is 0 Å². The molecule has 18 heteroatoms. The third kappa shape index (κ3) is 8.58. The van der Waals surface area contributed by atoms with Crippen LogP contribution >= 0.6 is 0 Å². The molecule has 0 radical (unpaired) electrons. The van der Waals surface area contributed by atoms with E-state index in [0.29, 0.717) is 58.2 Å². The molecule has 6 aromatic carbocycles. The molecule has 0 aliphatic carbocycles. The third-order valence-electron chi connectivity index (χ3n) is 16.1. The smallest absolute Gasteiger partial charge is 0.253 e. The lowest BCUT2D eigenvalue weighted by Crippen LogP contribution is -2.45. The van der Waals surface area contributed by atoms with Crippen LogP contribution < -0.4 is 30.7 Å². The Morgan fingerprint density at radius 1 is 0.372 bits per heavy atom. The number of halogens is 3. The second-order valence-corrected chi connectivity index (χ2v) is 20.8. The molecule has 78 heavy (non-hydrogen) atoms. The number of nitrogens with one attached hydrogen (secondary N) is 6. The van der Waals surface area contributed by atoms with Gasteiger partial charge < -0.3 is 30.7 Å². The highest BCUT2D eigenvalue weighted by Gasteiger charge is 2.53. The van der Waals surface area contributed by atoms with E-state index in [2.05, 4.69) is 46.5 Å². The van der Waals surface area contributed by atoms with E-state index in [1.165, 1.54) is 36.4 Å². The number of nitrogens with zero attached hydrogens (tertiary/aromatic N) is 6. The van der Waals surface area contributed by atoms with E-state index >= 15 is 0 Å². The number of aromatic nitrogens is 6. The van der Waals surface area contributed by atoms with Gasteiger partial charge in [-0.25, -0.2) is 13.2 Å². The summed E-state index contributed by atoms with van der Waals surface area (Å²) in [5.41, 5.74) is 12.0. The average Bonchev–Trinajstić information content (AvgIpc) is 4.49. The number of H-pyrrole nitrogens is 3. The molecular weight excluding hydrogens is 994 g/mol. The normalized spacial score (nSPS) is 21.3. The Hall–Kier alpha value is -9.45. The second-order valence-electron chi connectivity index (χ2n) is 20.8. The molecule has 3 atom stereocenters. The van der Waals surface area contributed by atoms with Crippen molar-refractivity contribution in [2.45, 2.75) is 55.1 Å². The number of aromatic amines is 3. The number of hydrogen-bond donors (Lipinski definition) is 6. The molecule has 0 saturated carbocycles. The van der Waals surface area contributed by atoms with Crippen LogP contribution in [-0.2, 0) is 33.6 Å². The van der Waals surface area contributed by atoms with E-state index < -0.39 is 16.6 Å². The summed E-state index contributed by atoms with van der Waals surface area (Å²) in [4.78, 5) is 44.9. The molecule has 3 spiro atoms. The van der Waals surface area contributed by atoms with Crippen LogP contribution in [0.25, 0.3) is 33.4 Å². The van der Waals surface area contributed by atoms with Gasteiger partial charge in [0.05, 0.1) is 18.6 Å². The molecule has 9 heterocycles. The summed E-state index contributed by atoms with van der Waals surface area (Å²) in [6.45, 7) is 1.94. The third-order valence-corrected chi connectivity index (χ3v) is 16.1. The number of carbonyl (C=O) groups excluding carboxylic acids is 3. The van der Waals surface area contributed by atoms with Crippen LogP contribution in [0.3, 0.4) is 0 Å². The van der Waals surface area contributed by atoms with Crippen LogP contribution in [0.4, 0.5) is 47.3 Å². The molecule has 9 aromatic rings. The SMILES string of the molecule is O=C1N(c2ccc(-c3cn[nH]c3)cc2)CCC12Cc1cc(F)ccc1N2.O=C1N(c2ccc(-c3cn[nH]c3)cc2)CCC12Cc1cc(F)ccc1N2.O=C1N(c2ccc(-c3cn[nH]c3)cc2)CCC12Cc1cc(F)ccc1N2. The molecule has 3 saturated heterocycles. The fraction of sp³-hybridized carbons (Fsp3) is 0.200. The number of carbonyl (C=O) groups is 3. The molecule has 15 nitrogen and oxygen atoms in total. The Morgan fingerprint density at radius 3 is 0.910 bits per heavy atom. The van der Waals surface area contributed by atoms with E-state index in [0.717, 1.165) is 84.2 Å². The number of anilines is 6. The maximum absolute atomic E-state index is 13.5.